The summed E-state index contributed by atoms with van der Waals surface area (Å²) in [7, 11) is 0. The third-order valence-electron chi connectivity index (χ3n) is 3.06. The third-order valence-corrected chi connectivity index (χ3v) is 3.82. The van der Waals surface area contributed by atoms with Crippen LogP contribution in [0.15, 0.2) is 5.38 Å². The van der Waals surface area contributed by atoms with Crippen molar-refractivity contribution in [3.05, 3.63) is 11.1 Å². The van der Waals surface area contributed by atoms with E-state index in [0.29, 0.717) is 24.5 Å². The van der Waals surface area contributed by atoms with Crippen molar-refractivity contribution in [2.75, 3.05) is 18.4 Å². The van der Waals surface area contributed by atoms with Gasteiger partial charge < -0.3 is 15.3 Å². The topological polar surface area (TPSA) is 99.6 Å². The lowest BCUT2D eigenvalue weighted by Gasteiger charge is -2.30. The molecule has 1 saturated heterocycles. The van der Waals surface area contributed by atoms with Gasteiger partial charge in [-0.05, 0) is 12.8 Å². The third kappa shape index (κ3) is 3.32. The number of hydrogen-bond donors (Lipinski definition) is 2. The van der Waals surface area contributed by atoms with Crippen molar-refractivity contribution < 1.29 is 19.5 Å². The standard InChI is InChI=1S/C12H15N3O4S/c1-7(16)13-12-14-9(6-20-12)10(17)15-4-2-3-8(5-15)11(18)19/h6,8H,2-5H2,1H3,(H,18,19)(H,13,14,16)/t8-/m1/s1. The highest BCUT2D eigenvalue weighted by Crippen LogP contribution is 2.21. The summed E-state index contributed by atoms with van der Waals surface area (Å²) in [4.78, 5) is 39.7. The zero-order valence-corrected chi connectivity index (χ0v) is 11.8. The van der Waals surface area contributed by atoms with Crippen molar-refractivity contribution in [2.24, 2.45) is 5.92 Å². The Kier molecular flexibility index (Phi) is 4.33. The summed E-state index contributed by atoms with van der Waals surface area (Å²) in [6.45, 7) is 2.11. The highest BCUT2D eigenvalue weighted by molar-refractivity contribution is 7.14. The quantitative estimate of drug-likeness (QED) is 0.868. The van der Waals surface area contributed by atoms with E-state index in [9.17, 15) is 14.4 Å². The molecule has 2 heterocycles. The lowest BCUT2D eigenvalue weighted by molar-refractivity contribution is -0.143. The Bertz CT molecular complexity index is 543. The number of thiazole rings is 1. The second-order valence-electron chi connectivity index (χ2n) is 4.65. The van der Waals surface area contributed by atoms with Crippen molar-refractivity contribution >= 4 is 34.3 Å². The number of carboxylic acids is 1. The maximum absolute atomic E-state index is 12.2. The molecule has 1 aromatic heterocycles. The molecule has 2 rings (SSSR count). The maximum Gasteiger partial charge on any atom is 0.308 e. The summed E-state index contributed by atoms with van der Waals surface area (Å²) in [6, 6.07) is 0. The highest BCUT2D eigenvalue weighted by Gasteiger charge is 2.29. The van der Waals surface area contributed by atoms with E-state index in [1.165, 1.54) is 23.2 Å². The molecule has 2 N–H and O–H groups in total. The first-order valence-electron chi connectivity index (χ1n) is 6.22. The van der Waals surface area contributed by atoms with Crippen molar-refractivity contribution in [2.45, 2.75) is 19.8 Å². The van der Waals surface area contributed by atoms with Crippen LogP contribution >= 0.6 is 11.3 Å². The van der Waals surface area contributed by atoms with Crippen LogP contribution < -0.4 is 5.32 Å². The van der Waals surface area contributed by atoms with Crippen LogP contribution in [0, 0.1) is 5.92 Å². The van der Waals surface area contributed by atoms with Crippen LogP contribution in [0.2, 0.25) is 0 Å². The van der Waals surface area contributed by atoms with E-state index >= 15 is 0 Å². The molecule has 7 nitrogen and oxygen atoms in total. The van der Waals surface area contributed by atoms with E-state index in [-0.39, 0.29) is 24.1 Å². The molecule has 0 aromatic carbocycles. The summed E-state index contributed by atoms with van der Waals surface area (Å²) >= 11 is 1.17. The molecule has 1 aromatic rings. The van der Waals surface area contributed by atoms with Crippen LogP contribution in [-0.4, -0.2) is 45.9 Å². The molecular formula is C12H15N3O4S. The van der Waals surface area contributed by atoms with E-state index in [1.807, 2.05) is 0 Å². The minimum atomic E-state index is -0.875. The highest BCUT2D eigenvalue weighted by atomic mass is 32.1. The van der Waals surface area contributed by atoms with Gasteiger partial charge in [0.1, 0.15) is 5.69 Å². The van der Waals surface area contributed by atoms with Gasteiger partial charge in [-0.1, -0.05) is 0 Å². The van der Waals surface area contributed by atoms with Gasteiger partial charge >= 0.3 is 5.97 Å². The molecule has 1 aliphatic rings. The first-order valence-corrected chi connectivity index (χ1v) is 7.10. The van der Waals surface area contributed by atoms with E-state index in [1.54, 1.807) is 5.38 Å². The molecule has 2 amide bonds. The molecule has 20 heavy (non-hydrogen) atoms. The number of carbonyl (C=O) groups is 3. The normalized spacial score (nSPS) is 18.6. The van der Waals surface area contributed by atoms with Gasteiger partial charge in [-0.15, -0.1) is 11.3 Å². The lowest BCUT2D eigenvalue weighted by Crippen LogP contribution is -2.42. The van der Waals surface area contributed by atoms with Crippen LogP contribution in [0.1, 0.15) is 30.3 Å². The number of hydrogen-bond acceptors (Lipinski definition) is 5. The summed E-state index contributed by atoms with van der Waals surface area (Å²) in [5, 5.41) is 13.5. The Morgan fingerprint density at radius 3 is 2.90 bits per heavy atom. The van der Waals surface area contributed by atoms with Gasteiger partial charge in [0.25, 0.3) is 5.91 Å². The predicted molar refractivity (Wildman–Crippen MR) is 72.7 cm³/mol. The molecule has 0 spiro atoms. The first kappa shape index (κ1) is 14.4. The van der Waals surface area contributed by atoms with Crippen LogP contribution in [-0.2, 0) is 9.59 Å². The molecule has 1 aliphatic heterocycles. The fourth-order valence-electron chi connectivity index (χ4n) is 2.11. The fraction of sp³-hybridized carbons (Fsp3) is 0.500. The number of aromatic nitrogens is 1. The molecular weight excluding hydrogens is 282 g/mol. The Morgan fingerprint density at radius 1 is 1.50 bits per heavy atom. The molecule has 1 fully saturated rings. The lowest BCUT2D eigenvalue weighted by atomic mass is 9.98. The monoisotopic (exact) mass is 297 g/mol. The number of anilines is 1. The van der Waals surface area contributed by atoms with Gasteiger partial charge in [-0.25, -0.2) is 4.98 Å². The average Bonchev–Trinajstić information content (AvgIpc) is 2.85. The summed E-state index contributed by atoms with van der Waals surface area (Å²) < 4.78 is 0. The molecule has 0 radical (unpaired) electrons. The molecule has 0 saturated carbocycles. The van der Waals surface area contributed by atoms with Crippen molar-refractivity contribution in [1.82, 2.24) is 9.88 Å². The van der Waals surface area contributed by atoms with Gasteiger partial charge in [0, 0.05) is 25.4 Å². The van der Waals surface area contributed by atoms with Crippen LogP contribution in [0.3, 0.4) is 0 Å². The number of amides is 2. The number of nitrogens with zero attached hydrogens (tertiary/aromatic N) is 2. The zero-order valence-electron chi connectivity index (χ0n) is 11.0. The summed E-state index contributed by atoms with van der Waals surface area (Å²) in [6.07, 6.45) is 1.26. The van der Waals surface area contributed by atoms with Gasteiger partial charge in [0.05, 0.1) is 5.92 Å². The SMILES string of the molecule is CC(=O)Nc1nc(C(=O)N2CCC[C@@H](C(=O)O)C2)cs1. The Hall–Kier alpha value is -1.96. The number of piperidine rings is 1. The Balaban J connectivity index is 2.05. The first-order chi connectivity index (χ1) is 9.47. The van der Waals surface area contributed by atoms with Gasteiger partial charge in [0.15, 0.2) is 5.13 Å². The Labute approximate surface area is 119 Å². The van der Waals surface area contributed by atoms with E-state index < -0.39 is 11.9 Å². The summed E-state index contributed by atoms with van der Waals surface area (Å²) in [5.74, 6) is -1.92. The zero-order chi connectivity index (χ0) is 14.7. The van der Waals surface area contributed by atoms with Gasteiger partial charge in [0.2, 0.25) is 5.91 Å². The van der Waals surface area contributed by atoms with E-state index in [0.717, 1.165) is 0 Å². The smallest absolute Gasteiger partial charge is 0.308 e. The minimum absolute atomic E-state index is 0.209. The molecule has 0 bridgehead atoms. The summed E-state index contributed by atoms with van der Waals surface area (Å²) in [5.41, 5.74) is 0.241. The molecule has 8 heteroatoms. The van der Waals surface area contributed by atoms with Gasteiger partial charge in [-0.3, -0.25) is 14.4 Å². The molecule has 1 atom stereocenters. The van der Waals surface area contributed by atoms with Gasteiger partial charge in [-0.2, -0.15) is 0 Å². The number of carbonyl (C=O) groups excluding carboxylic acids is 2. The predicted octanol–water partition coefficient (Wildman–Crippen LogP) is 1.04. The molecule has 108 valence electrons. The maximum atomic E-state index is 12.2. The largest absolute Gasteiger partial charge is 0.481 e. The second kappa shape index (κ2) is 6.00. The average molecular weight is 297 g/mol. The van der Waals surface area contributed by atoms with E-state index in [2.05, 4.69) is 10.3 Å². The Morgan fingerprint density at radius 2 is 2.25 bits per heavy atom. The minimum Gasteiger partial charge on any atom is -0.481 e. The van der Waals surface area contributed by atoms with Crippen LogP contribution in [0.5, 0.6) is 0 Å². The number of rotatable bonds is 3. The number of likely N-dealkylation sites (tertiary alicyclic amines) is 1. The van der Waals surface area contributed by atoms with E-state index in [4.69, 9.17) is 5.11 Å². The number of aliphatic carboxylic acids is 1. The fourth-order valence-corrected chi connectivity index (χ4v) is 2.84. The van der Waals surface area contributed by atoms with Crippen molar-refractivity contribution in [3.8, 4) is 0 Å². The molecule has 0 aliphatic carbocycles. The second-order valence-corrected chi connectivity index (χ2v) is 5.51. The number of carboxylic acid groups (broad SMARTS) is 1. The number of nitrogens with one attached hydrogen (secondary N) is 1. The van der Waals surface area contributed by atoms with Crippen molar-refractivity contribution in [3.63, 3.8) is 0 Å². The van der Waals surface area contributed by atoms with Crippen LogP contribution in [0.25, 0.3) is 0 Å². The molecule has 0 unspecified atom stereocenters. The van der Waals surface area contributed by atoms with Crippen LogP contribution in [0.4, 0.5) is 5.13 Å². The van der Waals surface area contributed by atoms with Crippen molar-refractivity contribution in [1.29, 1.82) is 0 Å².